The summed E-state index contributed by atoms with van der Waals surface area (Å²) < 4.78 is 33.0. The third kappa shape index (κ3) is 14.2. The van der Waals surface area contributed by atoms with Crippen molar-refractivity contribution in [1.29, 1.82) is 0 Å². The Morgan fingerprint density at radius 3 is 1.28 bits per heavy atom. The number of hydrogen-bond donors (Lipinski definition) is 0. The summed E-state index contributed by atoms with van der Waals surface area (Å²) >= 11 is 0. The van der Waals surface area contributed by atoms with E-state index in [0.717, 1.165) is 22.3 Å². The van der Waals surface area contributed by atoms with Crippen molar-refractivity contribution < 1.29 is 28.4 Å². The van der Waals surface area contributed by atoms with Crippen molar-refractivity contribution >= 4 is 11.1 Å². The predicted octanol–water partition coefficient (Wildman–Crippen LogP) is 5.32. The molecule has 0 heterocycles. The monoisotopic (exact) mass is 450 g/mol. The van der Waals surface area contributed by atoms with E-state index < -0.39 is 0 Å². The van der Waals surface area contributed by atoms with Crippen molar-refractivity contribution in [2.75, 3.05) is 52.9 Å². The SMILES string of the molecule is CC(=COCCOCCOC(C)C)c1ccc(C(C)=COCCOCCOC(C)C)cc1. The van der Waals surface area contributed by atoms with Gasteiger partial charge in [0, 0.05) is 0 Å². The first-order valence-electron chi connectivity index (χ1n) is 11.5. The molecule has 0 unspecified atom stereocenters. The van der Waals surface area contributed by atoms with Crippen molar-refractivity contribution in [1.82, 2.24) is 0 Å². The molecule has 182 valence electrons. The third-order valence-electron chi connectivity index (χ3n) is 4.36. The number of ether oxygens (including phenoxy) is 6. The highest BCUT2D eigenvalue weighted by atomic mass is 16.5. The summed E-state index contributed by atoms with van der Waals surface area (Å²) in [5.74, 6) is 0. The van der Waals surface area contributed by atoms with Crippen LogP contribution in [0.15, 0.2) is 36.8 Å². The molecule has 0 aromatic heterocycles. The third-order valence-corrected chi connectivity index (χ3v) is 4.36. The van der Waals surface area contributed by atoms with Gasteiger partial charge in [0.25, 0.3) is 0 Å². The average Bonchev–Trinajstić information content (AvgIpc) is 2.76. The smallest absolute Gasteiger partial charge is 0.111 e. The standard InChI is InChI=1S/C26H42O6/c1-21(2)31-17-15-27-11-13-29-19-23(5)25-7-9-26(10-8-25)24(6)20-30-14-12-28-16-18-32-22(3)4/h7-10,19-22H,11-18H2,1-6H3. The fourth-order valence-corrected chi connectivity index (χ4v) is 2.60. The van der Waals surface area contributed by atoms with Gasteiger partial charge in [-0.1, -0.05) is 24.3 Å². The second-order valence-electron chi connectivity index (χ2n) is 7.98. The summed E-state index contributed by atoms with van der Waals surface area (Å²) in [7, 11) is 0. The molecule has 0 amide bonds. The molecular formula is C26H42O6. The van der Waals surface area contributed by atoms with Crippen LogP contribution < -0.4 is 0 Å². The number of rotatable bonds is 18. The van der Waals surface area contributed by atoms with Gasteiger partial charge < -0.3 is 28.4 Å². The summed E-state index contributed by atoms with van der Waals surface area (Å²) in [5.41, 5.74) is 4.36. The molecule has 1 rings (SSSR count). The quantitative estimate of drug-likeness (QED) is 0.223. The van der Waals surface area contributed by atoms with E-state index >= 15 is 0 Å². The minimum atomic E-state index is 0.235. The van der Waals surface area contributed by atoms with E-state index in [2.05, 4.69) is 24.3 Å². The number of benzene rings is 1. The summed E-state index contributed by atoms with van der Waals surface area (Å²) in [4.78, 5) is 0. The van der Waals surface area contributed by atoms with Crippen LogP contribution in [0.3, 0.4) is 0 Å². The Labute approximate surface area is 194 Å². The van der Waals surface area contributed by atoms with Crippen molar-refractivity contribution in [2.45, 2.75) is 53.8 Å². The van der Waals surface area contributed by atoms with Gasteiger partial charge in [-0.2, -0.15) is 0 Å². The second kappa shape index (κ2) is 17.7. The van der Waals surface area contributed by atoms with Gasteiger partial charge in [-0.05, 0) is 63.8 Å². The van der Waals surface area contributed by atoms with E-state index in [1.165, 1.54) is 0 Å². The van der Waals surface area contributed by atoms with Gasteiger partial charge in [0.15, 0.2) is 0 Å². The van der Waals surface area contributed by atoms with Crippen molar-refractivity contribution in [2.24, 2.45) is 0 Å². The Bertz CT molecular complexity index is 592. The van der Waals surface area contributed by atoms with Gasteiger partial charge in [-0.3, -0.25) is 0 Å². The predicted molar refractivity (Wildman–Crippen MR) is 129 cm³/mol. The molecule has 0 bridgehead atoms. The molecule has 0 spiro atoms. The lowest BCUT2D eigenvalue weighted by Gasteiger charge is -2.09. The van der Waals surface area contributed by atoms with E-state index in [4.69, 9.17) is 28.4 Å². The molecule has 0 atom stereocenters. The molecule has 0 aliphatic rings. The van der Waals surface area contributed by atoms with Gasteiger partial charge in [-0.15, -0.1) is 0 Å². The molecule has 0 N–H and O–H groups in total. The highest BCUT2D eigenvalue weighted by Crippen LogP contribution is 2.19. The lowest BCUT2D eigenvalue weighted by molar-refractivity contribution is 0.00879. The Morgan fingerprint density at radius 2 is 0.938 bits per heavy atom. The molecule has 32 heavy (non-hydrogen) atoms. The molecular weight excluding hydrogens is 408 g/mol. The minimum absolute atomic E-state index is 0.235. The van der Waals surface area contributed by atoms with Crippen LogP contribution in [0.2, 0.25) is 0 Å². The Hall–Kier alpha value is -1.86. The molecule has 0 saturated heterocycles. The van der Waals surface area contributed by atoms with E-state index in [0.29, 0.717) is 52.9 Å². The lowest BCUT2D eigenvalue weighted by atomic mass is 10.0. The molecule has 0 aliphatic carbocycles. The summed E-state index contributed by atoms with van der Waals surface area (Å²) in [6.07, 6.45) is 4.03. The second-order valence-corrected chi connectivity index (χ2v) is 7.98. The van der Waals surface area contributed by atoms with Gasteiger partial charge in [-0.25, -0.2) is 0 Å². The zero-order valence-electron chi connectivity index (χ0n) is 20.7. The summed E-state index contributed by atoms with van der Waals surface area (Å²) in [6.45, 7) is 16.6. The highest BCUT2D eigenvalue weighted by molar-refractivity contribution is 5.68. The van der Waals surface area contributed by atoms with Crippen LogP contribution in [0, 0.1) is 0 Å². The van der Waals surface area contributed by atoms with Crippen LogP contribution in [0.5, 0.6) is 0 Å². The van der Waals surface area contributed by atoms with Crippen LogP contribution in [-0.4, -0.2) is 65.1 Å². The van der Waals surface area contributed by atoms with Gasteiger partial charge in [0.2, 0.25) is 0 Å². The zero-order chi connectivity index (χ0) is 23.6. The molecule has 6 nitrogen and oxygen atoms in total. The molecule has 0 aliphatic heterocycles. The van der Waals surface area contributed by atoms with E-state index in [-0.39, 0.29) is 12.2 Å². The average molecular weight is 451 g/mol. The first-order chi connectivity index (χ1) is 15.4. The maximum absolute atomic E-state index is 5.59. The number of hydrogen-bond acceptors (Lipinski definition) is 6. The van der Waals surface area contributed by atoms with Crippen LogP contribution >= 0.6 is 0 Å². The van der Waals surface area contributed by atoms with E-state index in [9.17, 15) is 0 Å². The van der Waals surface area contributed by atoms with Gasteiger partial charge in [0.05, 0.1) is 64.4 Å². The largest absolute Gasteiger partial charge is 0.498 e. The van der Waals surface area contributed by atoms with Crippen molar-refractivity contribution in [3.8, 4) is 0 Å². The maximum Gasteiger partial charge on any atom is 0.111 e. The molecule has 0 radical (unpaired) electrons. The topological polar surface area (TPSA) is 55.4 Å². The first-order valence-corrected chi connectivity index (χ1v) is 11.5. The zero-order valence-corrected chi connectivity index (χ0v) is 20.7. The molecule has 0 saturated carbocycles. The van der Waals surface area contributed by atoms with Crippen LogP contribution in [-0.2, 0) is 28.4 Å². The Morgan fingerprint density at radius 1 is 0.594 bits per heavy atom. The summed E-state index contributed by atoms with van der Waals surface area (Å²) in [6, 6.07) is 8.33. The fraction of sp³-hybridized carbons (Fsp3) is 0.615. The normalized spacial score (nSPS) is 12.6. The van der Waals surface area contributed by atoms with Crippen LogP contribution in [0.1, 0.15) is 52.7 Å². The summed E-state index contributed by atoms with van der Waals surface area (Å²) in [5, 5.41) is 0. The van der Waals surface area contributed by atoms with Crippen LogP contribution in [0.25, 0.3) is 11.1 Å². The number of allylic oxidation sites excluding steroid dienone is 2. The highest BCUT2D eigenvalue weighted by Gasteiger charge is 2.00. The molecule has 1 aromatic rings. The van der Waals surface area contributed by atoms with E-state index in [1.807, 2.05) is 41.5 Å². The Balaban J connectivity index is 2.25. The van der Waals surface area contributed by atoms with Gasteiger partial charge >= 0.3 is 0 Å². The fourth-order valence-electron chi connectivity index (χ4n) is 2.60. The van der Waals surface area contributed by atoms with E-state index in [1.54, 1.807) is 12.5 Å². The minimum Gasteiger partial charge on any atom is -0.498 e. The lowest BCUT2D eigenvalue weighted by Crippen LogP contribution is -2.11. The molecule has 6 heteroatoms. The van der Waals surface area contributed by atoms with Crippen LogP contribution in [0.4, 0.5) is 0 Å². The molecule has 1 aromatic carbocycles. The Kier molecular flexibility index (Phi) is 15.6. The van der Waals surface area contributed by atoms with Crippen molar-refractivity contribution in [3.05, 3.63) is 47.9 Å². The molecule has 0 fully saturated rings. The maximum atomic E-state index is 5.59. The first kappa shape index (κ1) is 28.2. The van der Waals surface area contributed by atoms with Gasteiger partial charge in [0.1, 0.15) is 13.2 Å². The van der Waals surface area contributed by atoms with Crippen molar-refractivity contribution in [3.63, 3.8) is 0 Å².